The van der Waals surface area contributed by atoms with Crippen molar-refractivity contribution in [3.8, 4) is 0 Å². The van der Waals surface area contributed by atoms with Crippen molar-refractivity contribution >= 4 is 11.9 Å². The van der Waals surface area contributed by atoms with Crippen LogP contribution in [0.5, 0.6) is 0 Å². The fraction of sp³-hybridized carbons (Fsp3) is 0.579. The minimum absolute atomic E-state index is 0.0498. The molecule has 0 bridgehead atoms. The van der Waals surface area contributed by atoms with Crippen molar-refractivity contribution in [2.75, 3.05) is 7.11 Å². The Morgan fingerprint density at radius 1 is 1.17 bits per heavy atom. The first-order chi connectivity index (χ1) is 11.5. The number of carbonyl (C=O) groups excluding carboxylic acids is 2. The van der Waals surface area contributed by atoms with Crippen LogP contribution in [0.3, 0.4) is 0 Å². The van der Waals surface area contributed by atoms with Gasteiger partial charge in [0.1, 0.15) is 6.61 Å². The van der Waals surface area contributed by atoms with E-state index in [1.165, 1.54) is 7.11 Å². The minimum Gasteiger partial charge on any atom is -0.469 e. The molecule has 132 valence electrons. The summed E-state index contributed by atoms with van der Waals surface area (Å²) < 4.78 is 16.0. The summed E-state index contributed by atoms with van der Waals surface area (Å²) in [6.45, 7) is 4.20. The van der Waals surface area contributed by atoms with Gasteiger partial charge in [0.25, 0.3) is 0 Å². The Morgan fingerprint density at radius 2 is 1.79 bits per heavy atom. The van der Waals surface area contributed by atoms with Crippen molar-refractivity contribution in [1.82, 2.24) is 0 Å². The van der Waals surface area contributed by atoms with E-state index in [2.05, 4.69) is 0 Å². The van der Waals surface area contributed by atoms with Gasteiger partial charge in [-0.2, -0.15) is 0 Å². The van der Waals surface area contributed by atoms with Gasteiger partial charge in [0.15, 0.2) is 0 Å². The fourth-order valence-electron chi connectivity index (χ4n) is 3.33. The maximum absolute atomic E-state index is 12.6. The highest BCUT2D eigenvalue weighted by Crippen LogP contribution is 2.33. The molecule has 2 rings (SSSR count). The second kappa shape index (κ2) is 8.83. The summed E-state index contributed by atoms with van der Waals surface area (Å²) in [4.78, 5) is 24.4. The number of rotatable bonds is 6. The summed E-state index contributed by atoms with van der Waals surface area (Å²) in [5, 5.41) is 0. The summed E-state index contributed by atoms with van der Waals surface area (Å²) in [7, 11) is 1.34. The van der Waals surface area contributed by atoms with Crippen molar-refractivity contribution in [1.29, 1.82) is 0 Å². The highest BCUT2D eigenvalue weighted by molar-refractivity contribution is 5.80. The van der Waals surface area contributed by atoms with Gasteiger partial charge < -0.3 is 14.2 Å². The van der Waals surface area contributed by atoms with Crippen LogP contribution in [-0.2, 0) is 30.4 Å². The molecule has 0 aromatic heterocycles. The lowest BCUT2D eigenvalue weighted by Gasteiger charge is -2.35. The number of ether oxygens (including phenoxy) is 3. The molecule has 3 atom stereocenters. The van der Waals surface area contributed by atoms with Crippen molar-refractivity contribution in [3.63, 3.8) is 0 Å². The van der Waals surface area contributed by atoms with Crippen molar-refractivity contribution < 1.29 is 23.8 Å². The normalized spacial score (nSPS) is 24.9. The molecule has 1 saturated heterocycles. The number of methoxy groups -OCH3 is 1. The first-order valence-corrected chi connectivity index (χ1v) is 8.42. The summed E-state index contributed by atoms with van der Waals surface area (Å²) >= 11 is 0. The molecule has 1 heterocycles. The lowest BCUT2D eigenvalue weighted by Crippen LogP contribution is -2.37. The van der Waals surface area contributed by atoms with Crippen LogP contribution >= 0.6 is 0 Å². The van der Waals surface area contributed by atoms with E-state index >= 15 is 0 Å². The van der Waals surface area contributed by atoms with Crippen molar-refractivity contribution in [2.24, 2.45) is 11.8 Å². The maximum Gasteiger partial charge on any atom is 0.310 e. The molecular formula is C19H26O5. The monoisotopic (exact) mass is 334 g/mol. The summed E-state index contributed by atoms with van der Waals surface area (Å²) in [5.41, 5.74) is 0.927. The van der Waals surface area contributed by atoms with Crippen LogP contribution in [0.1, 0.15) is 38.7 Å². The van der Waals surface area contributed by atoms with Crippen LogP contribution in [0.2, 0.25) is 0 Å². The molecule has 24 heavy (non-hydrogen) atoms. The van der Waals surface area contributed by atoms with Gasteiger partial charge in [-0.05, 0) is 38.2 Å². The van der Waals surface area contributed by atoms with E-state index < -0.39 is 5.92 Å². The van der Waals surface area contributed by atoms with Crippen LogP contribution in [0.25, 0.3) is 0 Å². The van der Waals surface area contributed by atoms with Crippen LogP contribution in [0, 0.1) is 11.8 Å². The summed E-state index contributed by atoms with van der Waals surface area (Å²) in [5.74, 6) is -1.15. The Balaban J connectivity index is 2.03. The quantitative estimate of drug-likeness (QED) is 0.748. The molecule has 5 heteroatoms. The molecule has 1 aromatic carbocycles. The van der Waals surface area contributed by atoms with E-state index in [1.807, 2.05) is 44.2 Å². The lowest BCUT2D eigenvalue weighted by molar-refractivity contribution is -0.160. The van der Waals surface area contributed by atoms with E-state index in [0.717, 1.165) is 18.4 Å². The van der Waals surface area contributed by atoms with E-state index in [0.29, 0.717) is 0 Å². The minimum atomic E-state index is -0.491. The zero-order valence-corrected chi connectivity index (χ0v) is 14.6. The third-order valence-electron chi connectivity index (χ3n) is 4.44. The molecule has 0 radical (unpaired) electrons. The zero-order valence-electron chi connectivity index (χ0n) is 14.6. The number of hydrogen-bond acceptors (Lipinski definition) is 5. The van der Waals surface area contributed by atoms with E-state index in [-0.39, 0.29) is 43.1 Å². The Hall–Kier alpha value is -1.88. The van der Waals surface area contributed by atoms with Crippen molar-refractivity contribution in [3.05, 3.63) is 35.9 Å². The number of esters is 2. The molecule has 1 aliphatic heterocycles. The van der Waals surface area contributed by atoms with E-state index in [4.69, 9.17) is 14.2 Å². The molecular weight excluding hydrogens is 308 g/mol. The van der Waals surface area contributed by atoms with Gasteiger partial charge in [-0.1, -0.05) is 30.3 Å². The Labute approximate surface area is 143 Å². The van der Waals surface area contributed by atoms with Gasteiger partial charge in [-0.15, -0.1) is 0 Å². The number of carbonyl (C=O) groups is 2. The molecule has 0 aliphatic carbocycles. The molecule has 0 N–H and O–H groups in total. The predicted octanol–water partition coefficient (Wildman–Crippen LogP) is 3.11. The molecule has 0 spiro atoms. The van der Waals surface area contributed by atoms with Gasteiger partial charge >= 0.3 is 11.9 Å². The molecule has 1 aliphatic rings. The molecule has 1 aromatic rings. The highest BCUT2D eigenvalue weighted by Gasteiger charge is 2.37. The third-order valence-corrected chi connectivity index (χ3v) is 4.44. The van der Waals surface area contributed by atoms with E-state index in [1.54, 1.807) is 0 Å². The van der Waals surface area contributed by atoms with Gasteiger partial charge in [-0.25, -0.2) is 0 Å². The lowest BCUT2D eigenvalue weighted by atomic mass is 9.80. The molecule has 0 unspecified atom stereocenters. The maximum atomic E-state index is 12.6. The SMILES string of the molecule is COC(=O)C[C@H](C(=O)OCc1ccccc1)C1C[C@@H](C)O[C@H](C)C1. The van der Waals surface area contributed by atoms with Crippen LogP contribution < -0.4 is 0 Å². The molecule has 0 amide bonds. The predicted molar refractivity (Wildman–Crippen MR) is 89.1 cm³/mol. The Kier molecular flexibility index (Phi) is 6.79. The van der Waals surface area contributed by atoms with Crippen LogP contribution in [0.15, 0.2) is 30.3 Å². The van der Waals surface area contributed by atoms with Gasteiger partial charge in [0.2, 0.25) is 0 Å². The second-order valence-electron chi connectivity index (χ2n) is 6.47. The first-order valence-electron chi connectivity index (χ1n) is 8.42. The Morgan fingerprint density at radius 3 is 2.38 bits per heavy atom. The third kappa shape index (κ3) is 5.34. The van der Waals surface area contributed by atoms with Gasteiger partial charge in [0, 0.05) is 0 Å². The standard InChI is InChI=1S/C19H26O5/c1-13-9-16(10-14(2)24-13)17(11-18(20)22-3)19(21)23-12-15-7-5-4-6-8-15/h4-8,13-14,16-17H,9-12H2,1-3H3/t13-,14-,17+/m1/s1. The average molecular weight is 334 g/mol. The topological polar surface area (TPSA) is 61.8 Å². The zero-order chi connectivity index (χ0) is 17.5. The second-order valence-corrected chi connectivity index (χ2v) is 6.47. The van der Waals surface area contributed by atoms with Gasteiger partial charge in [0.05, 0.1) is 31.7 Å². The fourth-order valence-corrected chi connectivity index (χ4v) is 3.33. The highest BCUT2D eigenvalue weighted by atomic mass is 16.5. The first kappa shape index (κ1) is 18.5. The number of benzene rings is 1. The summed E-state index contributed by atoms with van der Waals surface area (Å²) in [6.07, 6.45) is 1.68. The van der Waals surface area contributed by atoms with Crippen LogP contribution in [0.4, 0.5) is 0 Å². The molecule has 0 saturated carbocycles. The summed E-state index contributed by atoms with van der Waals surface area (Å²) in [6, 6.07) is 9.52. The van der Waals surface area contributed by atoms with Gasteiger partial charge in [-0.3, -0.25) is 9.59 Å². The smallest absolute Gasteiger partial charge is 0.310 e. The van der Waals surface area contributed by atoms with Crippen molar-refractivity contribution in [2.45, 2.75) is 51.9 Å². The molecule has 1 fully saturated rings. The average Bonchev–Trinajstić information content (AvgIpc) is 2.57. The largest absolute Gasteiger partial charge is 0.469 e. The number of hydrogen-bond donors (Lipinski definition) is 0. The Bertz CT molecular complexity index is 532. The van der Waals surface area contributed by atoms with E-state index in [9.17, 15) is 9.59 Å². The molecule has 5 nitrogen and oxygen atoms in total. The van der Waals surface area contributed by atoms with Crippen LogP contribution in [-0.4, -0.2) is 31.3 Å².